The van der Waals surface area contributed by atoms with Gasteiger partial charge in [-0.2, -0.15) is 5.26 Å². The number of anilines is 1. The minimum Gasteiger partial charge on any atom is -0.481 e. The van der Waals surface area contributed by atoms with E-state index in [2.05, 4.69) is 5.32 Å². The average Bonchev–Trinajstić information content (AvgIpc) is 2.28. The molecule has 6 nitrogen and oxygen atoms in total. The monoisotopic (exact) mass is 263 g/mol. The first-order valence-corrected chi connectivity index (χ1v) is 5.58. The minimum atomic E-state index is -1.06. The third kappa shape index (κ3) is 9.32. The van der Waals surface area contributed by atoms with Crippen LogP contribution >= 0.6 is 0 Å². The van der Waals surface area contributed by atoms with Gasteiger partial charge in [-0.15, -0.1) is 0 Å². The minimum absolute atomic E-state index is 0.0714. The Kier molecular flexibility index (Phi) is 7.57. The summed E-state index contributed by atoms with van der Waals surface area (Å²) < 4.78 is 0. The molecule has 1 atom stereocenters. The van der Waals surface area contributed by atoms with Crippen LogP contribution in [0.5, 0.6) is 0 Å². The molecule has 102 valence electrons. The number of benzene rings is 1. The van der Waals surface area contributed by atoms with Gasteiger partial charge in [-0.1, -0.05) is 0 Å². The molecule has 1 aromatic rings. The Hall–Kier alpha value is -2.39. The van der Waals surface area contributed by atoms with Crippen LogP contribution in [0.3, 0.4) is 0 Å². The lowest BCUT2D eigenvalue weighted by molar-refractivity contribution is -0.139. The number of Topliss-reactive ketones (excluding diaryl/α,β-unsaturated/α-hetero) is 1. The number of hydrogen-bond acceptors (Lipinski definition) is 5. The zero-order valence-corrected chi connectivity index (χ0v) is 10.9. The number of aliphatic carboxylic acids is 1. The second-order valence-electron chi connectivity index (χ2n) is 3.89. The summed E-state index contributed by atoms with van der Waals surface area (Å²) in [5.41, 5.74) is 7.11. The molecule has 4 N–H and O–H groups in total. The van der Waals surface area contributed by atoms with Crippen molar-refractivity contribution in [3.8, 4) is 6.07 Å². The molecule has 1 aromatic carbocycles. The molecule has 0 aromatic heterocycles. The Morgan fingerprint density at radius 1 is 1.42 bits per heavy atom. The van der Waals surface area contributed by atoms with E-state index < -0.39 is 5.97 Å². The standard InChI is InChI=1S/C9H11N3.C4H6O3/c1-7(11)12-9-4-2-8(6-10)3-5-9;1-3(5)2-4(6)7/h2-5,7,12H,11H2,1H3;2H2,1H3,(H,6,7). The van der Waals surface area contributed by atoms with E-state index in [0.29, 0.717) is 5.56 Å². The summed E-state index contributed by atoms with van der Waals surface area (Å²) in [6.07, 6.45) is -0.432. The number of carbonyl (C=O) groups is 2. The van der Waals surface area contributed by atoms with Crippen LogP contribution in [0.25, 0.3) is 0 Å². The maximum atomic E-state index is 9.87. The fourth-order valence-corrected chi connectivity index (χ4v) is 1.12. The van der Waals surface area contributed by atoms with Gasteiger partial charge in [0.2, 0.25) is 0 Å². The van der Waals surface area contributed by atoms with Gasteiger partial charge < -0.3 is 16.2 Å². The van der Waals surface area contributed by atoms with Gasteiger partial charge in [0.25, 0.3) is 0 Å². The predicted molar refractivity (Wildman–Crippen MR) is 71.4 cm³/mol. The number of carboxylic acids is 1. The molecule has 1 rings (SSSR count). The maximum Gasteiger partial charge on any atom is 0.310 e. The lowest BCUT2D eigenvalue weighted by atomic mass is 10.2. The van der Waals surface area contributed by atoms with Crippen molar-refractivity contribution in [3.05, 3.63) is 29.8 Å². The molecule has 0 radical (unpaired) electrons. The van der Waals surface area contributed by atoms with E-state index in [-0.39, 0.29) is 18.4 Å². The third-order valence-corrected chi connectivity index (χ3v) is 1.81. The number of nitrogens with two attached hydrogens (primary N) is 1. The van der Waals surface area contributed by atoms with Crippen LogP contribution in [-0.4, -0.2) is 23.0 Å². The van der Waals surface area contributed by atoms with Gasteiger partial charge in [0, 0.05) is 5.69 Å². The second-order valence-corrected chi connectivity index (χ2v) is 3.89. The summed E-state index contributed by atoms with van der Waals surface area (Å²) in [4.78, 5) is 19.5. The third-order valence-electron chi connectivity index (χ3n) is 1.81. The summed E-state index contributed by atoms with van der Waals surface area (Å²) in [6.45, 7) is 3.10. The van der Waals surface area contributed by atoms with Crippen LogP contribution < -0.4 is 11.1 Å². The van der Waals surface area contributed by atoms with Gasteiger partial charge in [0.05, 0.1) is 17.8 Å². The van der Waals surface area contributed by atoms with Crippen LogP contribution in [0.2, 0.25) is 0 Å². The predicted octanol–water partition coefficient (Wildman–Crippen LogP) is 1.32. The summed E-state index contributed by atoms with van der Waals surface area (Å²) >= 11 is 0. The van der Waals surface area contributed by atoms with E-state index in [1.165, 1.54) is 6.92 Å². The summed E-state index contributed by atoms with van der Waals surface area (Å²) in [7, 11) is 0. The molecule has 0 fully saturated rings. The second kappa shape index (κ2) is 8.66. The molecule has 0 spiro atoms. The number of carbonyl (C=O) groups excluding carboxylic acids is 1. The Balaban J connectivity index is 0.000000399. The Morgan fingerprint density at radius 2 is 1.95 bits per heavy atom. The first-order valence-electron chi connectivity index (χ1n) is 5.58. The van der Waals surface area contributed by atoms with Crippen molar-refractivity contribution >= 4 is 17.4 Å². The van der Waals surface area contributed by atoms with Crippen LogP contribution in [0.1, 0.15) is 25.8 Å². The summed E-state index contributed by atoms with van der Waals surface area (Å²) in [5, 5.41) is 19.4. The highest BCUT2D eigenvalue weighted by molar-refractivity contribution is 5.93. The molecule has 0 bridgehead atoms. The average molecular weight is 263 g/mol. The summed E-state index contributed by atoms with van der Waals surface area (Å²) in [6, 6.07) is 9.23. The molecule has 0 heterocycles. The van der Waals surface area contributed by atoms with E-state index in [1.807, 2.05) is 25.1 Å². The molecule has 19 heavy (non-hydrogen) atoms. The van der Waals surface area contributed by atoms with Crippen molar-refractivity contribution in [1.29, 1.82) is 5.26 Å². The lowest BCUT2D eigenvalue weighted by Crippen LogP contribution is -2.24. The Bertz CT molecular complexity index is 449. The van der Waals surface area contributed by atoms with Crippen molar-refractivity contribution in [2.75, 3.05) is 5.32 Å². The van der Waals surface area contributed by atoms with Crippen molar-refractivity contribution in [2.45, 2.75) is 26.4 Å². The lowest BCUT2D eigenvalue weighted by Gasteiger charge is -2.08. The fraction of sp³-hybridized carbons (Fsp3) is 0.308. The maximum absolute atomic E-state index is 9.87. The fourth-order valence-electron chi connectivity index (χ4n) is 1.12. The van der Waals surface area contributed by atoms with E-state index in [0.717, 1.165) is 5.69 Å². The van der Waals surface area contributed by atoms with Gasteiger partial charge >= 0.3 is 5.97 Å². The topological polar surface area (TPSA) is 116 Å². The first-order chi connectivity index (χ1) is 8.85. The van der Waals surface area contributed by atoms with Gasteiger partial charge in [-0.25, -0.2) is 0 Å². The number of ketones is 1. The zero-order valence-electron chi connectivity index (χ0n) is 10.9. The number of nitriles is 1. The molecule has 6 heteroatoms. The molecular formula is C13H17N3O3. The van der Waals surface area contributed by atoms with E-state index in [9.17, 15) is 9.59 Å². The quantitative estimate of drug-likeness (QED) is 0.557. The molecule has 0 aliphatic rings. The van der Waals surface area contributed by atoms with Crippen LogP contribution in [-0.2, 0) is 9.59 Å². The van der Waals surface area contributed by atoms with Crippen molar-refractivity contribution in [1.82, 2.24) is 0 Å². The highest BCUT2D eigenvalue weighted by Crippen LogP contribution is 2.08. The van der Waals surface area contributed by atoms with Crippen LogP contribution in [0, 0.1) is 11.3 Å². The number of carboxylic acid groups (broad SMARTS) is 1. The van der Waals surface area contributed by atoms with E-state index in [1.54, 1.807) is 12.1 Å². The number of rotatable bonds is 4. The molecule has 0 aliphatic heterocycles. The van der Waals surface area contributed by atoms with E-state index in [4.69, 9.17) is 16.1 Å². The Morgan fingerprint density at radius 3 is 2.21 bits per heavy atom. The number of nitrogens with one attached hydrogen (secondary N) is 1. The SMILES string of the molecule is CC(=O)CC(=O)O.CC(N)Nc1ccc(C#N)cc1. The van der Waals surface area contributed by atoms with Gasteiger partial charge in [-0.05, 0) is 38.1 Å². The van der Waals surface area contributed by atoms with E-state index >= 15 is 0 Å². The molecule has 1 unspecified atom stereocenters. The first kappa shape index (κ1) is 16.6. The number of hydrogen-bond donors (Lipinski definition) is 3. The molecular weight excluding hydrogens is 246 g/mol. The normalized spacial score (nSPS) is 10.4. The molecule has 0 saturated heterocycles. The van der Waals surface area contributed by atoms with Gasteiger partial charge in [0.15, 0.2) is 0 Å². The zero-order chi connectivity index (χ0) is 14.8. The van der Waals surface area contributed by atoms with Gasteiger partial charge in [-0.3, -0.25) is 9.59 Å². The van der Waals surface area contributed by atoms with Crippen molar-refractivity contribution < 1.29 is 14.7 Å². The number of nitrogens with zero attached hydrogens (tertiary/aromatic N) is 1. The Labute approximate surface area is 111 Å². The molecule has 0 aliphatic carbocycles. The molecule has 0 saturated carbocycles. The van der Waals surface area contributed by atoms with Crippen LogP contribution in [0.15, 0.2) is 24.3 Å². The van der Waals surface area contributed by atoms with Gasteiger partial charge in [0.1, 0.15) is 12.2 Å². The smallest absolute Gasteiger partial charge is 0.310 e. The molecule has 0 amide bonds. The van der Waals surface area contributed by atoms with Crippen molar-refractivity contribution in [3.63, 3.8) is 0 Å². The highest BCUT2D eigenvalue weighted by Gasteiger charge is 1.98. The highest BCUT2D eigenvalue weighted by atomic mass is 16.4. The largest absolute Gasteiger partial charge is 0.481 e. The van der Waals surface area contributed by atoms with Crippen molar-refractivity contribution in [2.24, 2.45) is 5.73 Å². The summed E-state index contributed by atoms with van der Waals surface area (Å²) in [5.74, 6) is -1.37. The van der Waals surface area contributed by atoms with Crippen LogP contribution in [0.4, 0.5) is 5.69 Å².